The van der Waals surface area contributed by atoms with Crippen LogP contribution in [0.5, 0.6) is 0 Å². The molecule has 2 aliphatic heterocycles. The third-order valence-corrected chi connectivity index (χ3v) is 6.46. The average molecular weight is 428 g/mol. The second-order valence-corrected chi connectivity index (χ2v) is 8.53. The van der Waals surface area contributed by atoms with Gasteiger partial charge in [-0.2, -0.15) is 13.2 Å². The molecule has 0 N–H and O–H groups in total. The Kier molecular flexibility index (Phi) is 5.82. The molecule has 1 amide bonds. The fraction of sp³-hybridized carbons (Fsp3) is 0.400. The summed E-state index contributed by atoms with van der Waals surface area (Å²) in [6.07, 6.45) is 0.975. The van der Waals surface area contributed by atoms with Gasteiger partial charge in [0, 0.05) is 36.4 Å². The number of likely N-dealkylation sites (tertiary alicyclic amines) is 1. The second-order valence-electron chi connectivity index (χ2n) is 8.53. The molecule has 4 rings (SSSR count). The maximum absolute atomic E-state index is 13.2. The maximum atomic E-state index is 13.2. The first-order chi connectivity index (χ1) is 14.7. The van der Waals surface area contributed by atoms with E-state index in [4.69, 9.17) is 0 Å². The number of allylic oxidation sites excluding steroid dienone is 1. The zero-order valence-corrected chi connectivity index (χ0v) is 17.8. The maximum Gasteiger partial charge on any atom is 0.416 e. The molecule has 31 heavy (non-hydrogen) atoms. The highest BCUT2D eigenvalue weighted by molar-refractivity contribution is 5.95. The molecule has 2 atom stereocenters. The summed E-state index contributed by atoms with van der Waals surface area (Å²) in [5, 5.41) is 0. The summed E-state index contributed by atoms with van der Waals surface area (Å²) in [4.78, 5) is 17.5. The number of rotatable bonds is 4. The SMILES string of the molecule is CC1=CCC(C)N1CC1CCCN1C(=O)c1ccc(-c2ccc(C(F)(F)F)cc2)cc1. The van der Waals surface area contributed by atoms with Gasteiger partial charge in [-0.1, -0.05) is 30.3 Å². The number of hydrogen-bond acceptors (Lipinski definition) is 2. The third-order valence-electron chi connectivity index (χ3n) is 6.46. The number of carbonyl (C=O) groups excluding carboxylic acids is 1. The minimum atomic E-state index is -4.34. The number of carbonyl (C=O) groups is 1. The average Bonchev–Trinajstić information content (AvgIpc) is 3.35. The van der Waals surface area contributed by atoms with Gasteiger partial charge < -0.3 is 9.80 Å². The van der Waals surface area contributed by atoms with Crippen molar-refractivity contribution in [2.75, 3.05) is 13.1 Å². The van der Waals surface area contributed by atoms with Crippen LogP contribution in [0.3, 0.4) is 0 Å². The Morgan fingerprint density at radius 1 is 1.03 bits per heavy atom. The fourth-order valence-corrected chi connectivity index (χ4v) is 4.60. The van der Waals surface area contributed by atoms with E-state index in [1.165, 1.54) is 17.8 Å². The Bertz CT molecular complexity index is 964. The lowest BCUT2D eigenvalue weighted by atomic mass is 10.0. The Labute approximate surface area is 181 Å². The molecule has 2 heterocycles. The standard InChI is InChI=1S/C25H27F3N2O/c1-17-5-6-18(2)30(17)16-23-4-3-15-29(23)24(31)21-9-7-19(8-10-21)20-11-13-22(14-12-20)25(26,27)28/h5,7-14,18,23H,3-4,6,15-16H2,1-2H3. The minimum absolute atomic E-state index is 0.0231. The first-order valence-corrected chi connectivity index (χ1v) is 10.8. The summed E-state index contributed by atoms with van der Waals surface area (Å²) < 4.78 is 38.3. The highest BCUT2D eigenvalue weighted by atomic mass is 19.4. The van der Waals surface area contributed by atoms with Crippen molar-refractivity contribution in [1.82, 2.24) is 9.80 Å². The highest BCUT2D eigenvalue weighted by Crippen LogP contribution is 2.31. The first kappa shape index (κ1) is 21.5. The third kappa shape index (κ3) is 4.48. The van der Waals surface area contributed by atoms with E-state index in [9.17, 15) is 18.0 Å². The van der Waals surface area contributed by atoms with Gasteiger partial charge >= 0.3 is 6.18 Å². The van der Waals surface area contributed by atoms with Crippen molar-refractivity contribution in [2.24, 2.45) is 0 Å². The zero-order valence-electron chi connectivity index (χ0n) is 17.8. The Balaban J connectivity index is 1.46. The molecular formula is C25H27F3N2O. The van der Waals surface area contributed by atoms with Crippen LogP contribution in [-0.4, -0.2) is 40.9 Å². The van der Waals surface area contributed by atoms with E-state index in [-0.39, 0.29) is 11.9 Å². The van der Waals surface area contributed by atoms with Gasteiger partial charge in [-0.3, -0.25) is 4.79 Å². The fourth-order valence-electron chi connectivity index (χ4n) is 4.60. The number of hydrogen-bond donors (Lipinski definition) is 0. The summed E-state index contributed by atoms with van der Waals surface area (Å²) in [7, 11) is 0. The van der Waals surface area contributed by atoms with Crippen molar-refractivity contribution in [2.45, 2.75) is 51.4 Å². The number of amides is 1. The molecule has 0 saturated carbocycles. The second kappa shape index (κ2) is 8.40. The van der Waals surface area contributed by atoms with Gasteiger partial charge in [0.05, 0.1) is 5.56 Å². The molecule has 0 bridgehead atoms. The van der Waals surface area contributed by atoms with Gasteiger partial charge in [0.15, 0.2) is 0 Å². The molecule has 2 aromatic rings. The van der Waals surface area contributed by atoms with Crippen molar-refractivity contribution >= 4 is 5.91 Å². The van der Waals surface area contributed by atoms with E-state index in [0.29, 0.717) is 17.2 Å². The first-order valence-electron chi connectivity index (χ1n) is 10.8. The van der Waals surface area contributed by atoms with E-state index in [1.807, 2.05) is 4.90 Å². The summed E-state index contributed by atoms with van der Waals surface area (Å²) in [5.74, 6) is 0.0231. The van der Waals surface area contributed by atoms with E-state index < -0.39 is 11.7 Å². The van der Waals surface area contributed by atoms with Crippen LogP contribution in [0.2, 0.25) is 0 Å². The molecular weight excluding hydrogens is 401 g/mol. The van der Waals surface area contributed by atoms with Crippen LogP contribution in [0.1, 0.15) is 49.0 Å². The molecule has 0 aromatic heterocycles. The number of halogens is 3. The number of alkyl halides is 3. The van der Waals surface area contributed by atoms with Crippen LogP contribution < -0.4 is 0 Å². The molecule has 3 nitrogen and oxygen atoms in total. The number of nitrogens with zero attached hydrogens (tertiary/aromatic N) is 2. The molecule has 2 unspecified atom stereocenters. The predicted octanol–water partition coefficient (Wildman–Crippen LogP) is 5.98. The van der Waals surface area contributed by atoms with Gasteiger partial charge in [-0.25, -0.2) is 0 Å². The monoisotopic (exact) mass is 428 g/mol. The van der Waals surface area contributed by atoms with E-state index in [1.54, 1.807) is 24.3 Å². The predicted molar refractivity (Wildman–Crippen MR) is 115 cm³/mol. The molecule has 6 heteroatoms. The lowest BCUT2D eigenvalue weighted by Crippen LogP contribution is -2.44. The molecule has 2 aromatic carbocycles. The van der Waals surface area contributed by atoms with Crippen molar-refractivity contribution in [3.63, 3.8) is 0 Å². The largest absolute Gasteiger partial charge is 0.416 e. The number of benzene rings is 2. The van der Waals surface area contributed by atoms with Gasteiger partial charge in [-0.05, 0) is 68.5 Å². The smallest absolute Gasteiger partial charge is 0.370 e. The lowest BCUT2D eigenvalue weighted by Gasteiger charge is -2.33. The van der Waals surface area contributed by atoms with Crippen molar-refractivity contribution in [1.29, 1.82) is 0 Å². The molecule has 1 saturated heterocycles. The van der Waals surface area contributed by atoms with E-state index in [0.717, 1.165) is 50.0 Å². The summed E-state index contributed by atoms with van der Waals surface area (Å²) in [6.45, 7) is 5.96. The Morgan fingerprint density at radius 2 is 1.65 bits per heavy atom. The quantitative estimate of drug-likeness (QED) is 0.599. The Hall–Kier alpha value is -2.76. The summed E-state index contributed by atoms with van der Waals surface area (Å²) in [6, 6.07) is 12.9. The van der Waals surface area contributed by atoms with Gasteiger partial charge in [0.1, 0.15) is 0 Å². The topological polar surface area (TPSA) is 23.6 Å². The molecule has 164 valence electrons. The minimum Gasteiger partial charge on any atom is -0.370 e. The van der Waals surface area contributed by atoms with E-state index in [2.05, 4.69) is 24.8 Å². The van der Waals surface area contributed by atoms with Crippen LogP contribution in [0.4, 0.5) is 13.2 Å². The molecule has 0 radical (unpaired) electrons. The molecule has 0 spiro atoms. The normalized spacial score (nSPS) is 21.5. The zero-order chi connectivity index (χ0) is 22.2. The molecule has 1 fully saturated rings. The lowest BCUT2D eigenvalue weighted by molar-refractivity contribution is -0.137. The molecule has 2 aliphatic rings. The van der Waals surface area contributed by atoms with Crippen LogP contribution >= 0.6 is 0 Å². The Morgan fingerprint density at radius 3 is 2.19 bits per heavy atom. The summed E-state index contributed by atoms with van der Waals surface area (Å²) >= 11 is 0. The van der Waals surface area contributed by atoms with Crippen molar-refractivity contribution in [3.8, 4) is 11.1 Å². The van der Waals surface area contributed by atoms with Crippen LogP contribution in [0.25, 0.3) is 11.1 Å². The summed E-state index contributed by atoms with van der Waals surface area (Å²) in [5.41, 5.74) is 2.71. The highest BCUT2D eigenvalue weighted by Gasteiger charge is 2.33. The van der Waals surface area contributed by atoms with E-state index >= 15 is 0 Å². The molecule has 0 aliphatic carbocycles. The van der Waals surface area contributed by atoms with Crippen molar-refractivity contribution in [3.05, 3.63) is 71.4 Å². The van der Waals surface area contributed by atoms with Crippen molar-refractivity contribution < 1.29 is 18.0 Å². The van der Waals surface area contributed by atoms with Gasteiger partial charge in [0.2, 0.25) is 0 Å². The van der Waals surface area contributed by atoms with Gasteiger partial charge in [-0.15, -0.1) is 0 Å². The van der Waals surface area contributed by atoms with Gasteiger partial charge in [0.25, 0.3) is 5.91 Å². The van der Waals surface area contributed by atoms with Crippen LogP contribution in [0.15, 0.2) is 60.3 Å². The van der Waals surface area contributed by atoms with Crippen LogP contribution in [0, 0.1) is 0 Å². The van der Waals surface area contributed by atoms with Crippen LogP contribution in [-0.2, 0) is 6.18 Å².